The molecule has 0 N–H and O–H groups in total. The first-order valence-corrected chi connectivity index (χ1v) is 11.1. The van der Waals surface area contributed by atoms with Crippen LogP contribution in [-0.4, -0.2) is 0 Å². The number of fused-ring (bicyclic) bond motifs is 2. The second kappa shape index (κ2) is 7.59. The van der Waals surface area contributed by atoms with E-state index >= 15 is 0 Å². The van der Waals surface area contributed by atoms with Crippen molar-refractivity contribution in [3.63, 3.8) is 0 Å². The molecule has 3 aliphatic carbocycles. The van der Waals surface area contributed by atoms with E-state index < -0.39 is 0 Å². The maximum Gasteiger partial charge on any atom is -0.00166 e. The van der Waals surface area contributed by atoms with Crippen molar-refractivity contribution in [3.05, 3.63) is 99.7 Å². The van der Waals surface area contributed by atoms with Gasteiger partial charge in [-0.15, -0.1) is 0 Å². The SMILES string of the molecule is CCc1ccc(CCc2ccc3c(c2)C=C(C2CCC4C=CC=C4C2)C3)cc1. The van der Waals surface area contributed by atoms with Crippen LogP contribution in [0.4, 0.5) is 0 Å². The molecule has 2 atom stereocenters. The molecule has 0 bridgehead atoms. The molecule has 0 aromatic heterocycles. The van der Waals surface area contributed by atoms with Gasteiger partial charge in [0.15, 0.2) is 0 Å². The molecule has 0 nitrogen and oxygen atoms in total. The molecule has 0 saturated heterocycles. The summed E-state index contributed by atoms with van der Waals surface area (Å²) in [5, 5.41) is 0. The van der Waals surface area contributed by atoms with Crippen molar-refractivity contribution in [2.24, 2.45) is 11.8 Å². The van der Waals surface area contributed by atoms with Crippen molar-refractivity contribution in [2.45, 2.75) is 51.9 Å². The molecule has 5 rings (SSSR count). The molecule has 2 unspecified atom stereocenters. The van der Waals surface area contributed by atoms with Gasteiger partial charge in [0.25, 0.3) is 0 Å². The smallest absolute Gasteiger partial charge is 0.00166 e. The quantitative estimate of drug-likeness (QED) is 0.540. The van der Waals surface area contributed by atoms with Crippen molar-refractivity contribution < 1.29 is 0 Å². The molecule has 0 heterocycles. The third-order valence-electron chi connectivity index (χ3n) is 7.04. The van der Waals surface area contributed by atoms with Crippen LogP contribution in [0.15, 0.2) is 71.8 Å². The Morgan fingerprint density at radius 1 is 0.857 bits per heavy atom. The Hall–Kier alpha value is -2.34. The number of hydrogen-bond acceptors (Lipinski definition) is 0. The van der Waals surface area contributed by atoms with Crippen LogP contribution in [0, 0.1) is 11.8 Å². The van der Waals surface area contributed by atoms with Gasteiger partial charge in [-0.2, -0.15) is 0 Å². The molecular weight excluding hydrogens is 336 g/mol. The molecule has 142 valence electrons. The van der Waals surface area contributed by atoms with Gasteiger partial charge in [0.2, 0.25) is 0 Å². The summed E-state index contributed by atoms with van der Waals surface area (Å²) in [6.07, 6.45) is 18.1. The fraction of sp³-hybridized carbons (Fsp3) is 0.357. The van der Waals surface area contributed by atoms with Crippen LogP contribution in [0.3, 0.4) is 0 Å². The van der Waals surface area contributed by atoms with Crippen LogP contribution in [0.2, 0.25) is 0 Å². The first kappa shape index (κ1) is 17.7. The third-order valence-corrected chi connectivity index (χ3v) is 7.04. The van der Waals surface area contributed by atoms with E-state index in [0.29, 0.717) is 0 Å². The maximum absolute atomic E-state index is 2.52. The van der Waals surface area contributed by atoms with Crippen LogP contribution in [0.25, 0.3) is 6.08 Å². The van der Waals surface area contributed by atoms with E-state index in [-0.39, 0.29) is 0 Å². The van der Waals surface area contributed by atoms with Gasteiger partial charge in [0.1, 0.15) is 0 Å². The van der Waals surface area contributed by atoms with Gasteiger partial charge in [0, 0.05) is 0 Å². The first-order chi connectivity index (χ1) is 13.8. The fourth-order valence-electron chi connectivity index (χ4n) is 5.20. The summed E-state index contributed by atoms with van der Waals surface area (Å²) in [7, 11) is 0. The van der Waals surface area contributed by atoms with Gasteiger partial charge >= 0.3 is 0 Å². The maximum atomic E-state index is 2.52. The van der Waals surface area contributed by atoms with Gasteiger partial charge in [-0.05, 0) is 84.6 Å². The summed E-state index contributed by atoms with van der Waals surface area (Å²) < 4.78 is 0. The molecule has 0 radical (unpaired) electrons. The van der Waals surface area contributed by atoms with Crippen molar-refractivity contribution in [2.75, 3.05) is 0 Å². The van der Waals surface area contributed by atoms with E-state index in [1.807, 2.05) is 0 Å². The van der Waals surface area contributed by atoms with Gasteiger partial charge < -0.3 is 0 Å². The molecule has 1 saturated carbocycles. The molecular formula is C28H30. The summed E-state index contributed by atoms with van der Waals surface area (Å²) in [6, 6.07) is 16.3. The molecule has 0 heteroatoms. The number of allylic oxidation sites excluding steroid dienone is 5. The van der Waals surface area contributed by atoms with Gasteiger partial charge in [-0.3, -0.25) is 0 Å². The lowest BCUT2D eigenvalue weighted by Gasteiger charge is -2.29. The van der Waals surface area contributed by atoms with Crippen molar-refractivity contribution >= 4 is 6.08 Å². The van der Waals surface area contributed by atoms with Crippen LogP contribution >= 0.6 is 0 Å². The topological polar surface area (TPSA) is 0 Å². The zero-order valence-electron chi connectivity index (χ0n) is 17.0. The van der Waals surface area contributed by atoms with E-state index in [1.165, 1.54) is 53.5 Å². The minimum absolute atomic E-state index is 0.749. The van der Waals surface area contributed by atoms with E-state index in [1.54, 1.807) is 11.1 Å². The molecule has 0 amide bonds. The van der Waals surface area contributed by atoms with Crippen molar-refractivity contribution in [1.29, 1.82) is 0 Å². The zero-order chi connectivity index (χ0) is 18.9. The number of hydrogen-bond donors (Lipinski definition) is 0. The molecule has 0 spiro atoms. The summed E-state index contributed by atoms with van der Waals surface area (Å²) in [6.45, 7) is 2.22. The lowest BCUT2D eigenvalue weighted by Crippen LogP contribution is -2.16. The van der Waals surface area contributed by atoms with Crippen molar-refractivity contribution in [3.8, 4) is 0 Å². The normalized spacial score (nSPS) is 22.6. The van der Waals surface area contributed by atoms with Crippen LogP contribution < -0.4 is 0 Å². The summed E-state index contributed by atoms with van der Waals surface area (Å²) in [4.78, 5) is 0. The van der Waals surface area contributed by atoms with E-state index in [2.05, 4.69) is 73.7 Å². The predicted octanol–water partition coefficient (Wildman–Crippen LogP) is 6.89. The lowest BCUT2D eigenvalue weighted by atomic mass is 9.76. The minimum Gasteiger partial charge on any atom is -0.0773 e. The van der Waals surface area contributed by atoms with Gasteiger partial charge in [0.05, 0.1) is 0 Å². The molecule has 2 aromatic rings. The molecule has 3 aliphatic rings. The average Bonchev–Trinajstić information content (AvgIpc) is 3.38. The molecule has 0 aliphatic heterocycles. The highest BCUT2D eigenvalue weighted by Crippen LogP contribution is 2.43. The summed E-state index contributed by atoms with van der Waals surface area (Å²) in [5.41, 5.74) is 10.7. The highest BCUT2D eigenvalue weighted by molar-refractivity contribution is 5.65. The molecule has 28 heavy (non-hydrogen) atoms. The highest BCUT2D eigenvalue weighted by Gasteiger charge is 2.29. The third kappa shape index (κ3) is 3.53. The van der Waals surface area contributed by atoms with Crippen LogP contribution in [0.5, 0.6) is 0 Å². The van der Waals surface area contributed by atoms with Crippen LogP contribution in [0.1, 0.15) is 54.0 Å². The van der Waals surface area contributed by atoms with Gasteiger partial charge in [-0.1, -0.05) is 84.8 Å². The number of benzene rings is 2. The minimum atomic E-state index is 0.749. The highest BCUT2D eigenvalue weighted by atomic mass is 14.3. The Labute approximate surface area is 169 Å². The largest absolute Gasteiger partial charge is 0.0773 e. The first-order valence-electron chi connectivity index (χ1n) is 11.1. The average molecular weight is 367 g/mol. The van der Waals surface area contributed by atoms with E-state index in [9.17, 15) is 0 Å². The number of aryl methyl sites for hydroxylation is 3. The van der Waals surface area contributed by atoms with Crippen LogP contribution in [-0.2, 0) is 25.7 Å². The summed E-state index contributed by atoms with van der Waals surface area (Å²) in [5.74, 6) is 1.51. The standard InChI is InChI=1S/C28H30/c1-2-20-6-8-21(9-7-20)10-11-22-12-13-25-18-28(19-27(25)16-22)26-15-14-23-4-3-5-24(23)17-26/h3-9,12-13,16,19,23,26H,2,10-11,14-15,17-18H2,1H3. The second-order valence-electron chi connectivity index (χ2n) is 8.81. The Balaban J connectivity index is 1.25. The van der Waals surface area contributed by atoms with Gasteiger partial charge in [-0.25, -0.2) is 0 Å². The lowest BCUT2D eigenvalue weighted by molar-refractivity contribution is 0.426. The van der Waals surface area contributed by atoms with E-state index in [0.717, 1.165) is 31.1 Å². The summed E-state index contributed by atoms with van der Waals surface area (Å²) >= 11 is 0. The Morgan fingerprint density at radius 3 is 2.50 bits per heavy atom. The van der Waals surface area contributed by atoms with Crippen molar-refractivity contribution in [1.82, 2.24) is 0 Å². The Bertz CT molecular complexity index is 952. The predicted molar refractivity (Wildman–Crippen MR) is 119 cm³/mol. The Kier molecular flexibility index (Phi) is 4.81. The second-order valence-corrected chi connectivity index (χ2v) is 8.81. The molecule has 2 aromatic carbocycles. The Morgan fingerprint density at radius 2 is 1.64 bits per heavy atom. The van der Waals surface area contributed by atoms with E-state index in [4.69, 9.17) is 0 Å². The number of rotatable bonds is 5. The zero-order valence-corrected chi connectivity index (χ0v) is 17.0. The molecule has 1 fully saturated rings. The monoisotopic (exact) mass is 366 g/mol. The fourth-order valence-corrected chi connectivity index (χ4v) is 5.20.